The molecule has 0 unspecified atom stereocenters. The molecule has 0 radical (unpaired) electrons. The van der Waals surface area contributed by atoms with Crippen molar-refractivity contribution in [2.75, 3.05) is 13.6 Å². The number of carboxylic acid groups (broad SMARTS) is 1. The minimum absolute atomic E-state index is 0.180. The molecular formula is C16H22N2O3. The Balaban J connectivity index is 1.99. The first-order chi connectivity index (χ1) is 10.1. The van der Waals surface area contributed by atoms with Gasteiger partial charge in [0.2, 0.25) is 5.91 Å². The minimum Gasteiger partial charge on any atom is -0.480 e. The van der Waals surface area contributed by atoms with Crippen molar-refractivity contribution in [3.05, 3.63) is 35.9 Å². The molecule has 21 heavy (non-hydrogen) atoms. The van der Waals surface area contributed by atoms with Crippen LogP contribution < -0.4 is 5.32 Å². The zero-order chi connectivity index (χ0) is 15.2. The van der Waals surface area contributed by atoms with E-state index >= 15 is 0 Å². The number of rotatable bonds is 5. The first kappa shape index (κ1) is 15.5. The largest absolute Gasteiger partial charge is 0.480 e. The number of carboxylic acids is 1. The van der Waals surface area contributed by atoms with E-state index in [4.69, 9.17) is 0 Å². The highest BCUT2D eigenvalue weighted by molar-refractivity contribution is 5.87. The maximum absolute atomic E-state index is 12.3. The van der Waals surface area contributed by atoms with Gasteiger partial charge in [-0.05, 0) is 32.0 Å². The van der Waals surface area contributed by atoms with Gasteiger partial charge in [0.05, 0.1) is 6.04 Å². The fraction of sp³-hybridized carbons (Fsp3) is 0.500. The lowest BCUT2D eigenvalue weighted by Gasteiger charge is -2.32. The molecule has 1 aliphatic heterocycles. The molecule has 1 heterocycles. The van der Waals surface area contributed by atoms with Crippen molar-refractivity contribution >= 4 is 11.9 Å². The Kier molecular flexibility index (Phi) is 5.33. The second-order valence-electron chi connectivity index (χ2n) is 5.58. The Morgan fingerprint density at radius 1 is 1.33 bits per heavy atom. The maximum atomic E-state index is 12.3. The number of nitrogens with zero attached hydrogens (tertiary/aromatic N) is 1. The normalized spacial score (nSPS) is 20.7. The second-order valence-corrected chi connectivity index (χ2v) is 5.58. The highest BCUT2D eigenvalue weighted by atomic mass is 16.4. The zero-order valence-corrected chi connectivity index (χ0v) is 12.3. The first-order valence-electron chi connectivity index (χ1n) is 7.35. The Morgan fingerprint density at radius 2 is 2.05 bits per heavy atom. The molecule has 5 nitrogen and oxygen atoms in total. The number of carbonyl (C=O) groups is 2. The zero-order valence-electron chi connectivity index (χ0n) is 12.3. The molecule has 2 N–H and O–H groups in total. The van der Waals surface area contributed by atoms with E-state index in [0.717, 1.165) is 31.4 Å². The summed E-state index contributed by atoms with van der Waals surface area (Å²) in [6.07, 6.45) is 3.20. The Bertz CT molecular complexity index is 490. The maximum Gasteiger partial charge on any atom is 0.326 e. The van der Waals surface area contributed by atoms with Gasteiger partial charge < -0.3 is 10.4 Å². The monoisotopic (exact) mass is 290 g/mol. The molecule has 0 bridgehead atoms. The molecule has 1 aliphatic rings. The Labute approximate surface area is 125 Å². The van der Waals surface area contributed by atoms with Gasteiger partial charge in [0.25, 0.3) is 0 Å². The van der Waals surface area contributed by atoms with E-state index in [1.54, 1.807) is 0 Å². The summed E-state index contributed by atoms with van der Waals surface area (Å²) >= 11 is 0. The third kappa shape index (κ3) is 4.29. The van der Waals surface area contributed by atoms with Crippen LogP contribution in [0.15, 0.2) is 30.3 Å². The quantitative estimate of drug-likeness (QED) is 0.857. The van der Waals surface area contributed by atoms with Crippen LogP contribution in [0, 0.1) is 0 Å². The van der Waals surface area contributed by atoms with Crippen molar-refractivity contribution in [3.63, 3.8) is 0 Å². The van der Waals surface area contributed by atoms with Gasteiger partial charge in [-0.1, -0.05) is 36.8 Å². The van der Waals surface area contributed by atoms with Gasteiger partial charge >= 0.3 is 5.97 Å². The number of piperidine rings is 1. The summed E-state index contributed by atoms with van der Waals surface area (Å²) in [6.45, 7) is 0.883. The van der Waals surface area contributed by atoms with Gasteiger partial charge in [-0.25, -0.2) is 4.79 Å². The summed E-state index contributed by atoms with van der Waals surface area (Å²) in [5.41, 5.74) is 0.905. The highest BCUT2D eigenvalue weighted by Crippen LogP contribution is 2.15. The average Bonchev–Trinajstić information content (AvgIpc) is 2.48. The number of carbonyl (C=O) groups excluding carboxylic acids is 1. The summed E-state index contributed by atoms with van der Waals surface area (Å²) in [5, 5.41) is 12.0. The van der Waals surface area contributed by atoms with Gasteiger partial charge in [-0.15, -0.1) is 0 Å². The van der Waals surface area contributed by atoms with Crippen LogP contribution in [0.5, 0.6) is 0 Å². The number of likely N-dealkylation sites (N-methyl/N-ethyl adjacent to an activating group) is 1. The highest BCUT2D eigenvalue weighted by Gasteiger charge is 2.29. The van der Waals surface area contributed by atoms with Crippen molar-refractivity contribution in [3.8, 4) is 0 Å². The third-order valence-electron chi connectivity index (χ3n) is 3.97. The number of hydrogen-bond acceptors (Lipinski definition) is 3. The topological polar surface area (TPSA) is 69.6 Å². The van der Waals surface area contributed by atoms with E-state index in [2.05, 4.69) is 5.32 Å². The molecule has 1 saturated heterocycles. The fourth-order valence-electron chi connectivity index (χ4n) is 2.72. The summed E-state index contributed by atoms with van der Waals surface area (Å²) in [5.74, 6) is -1.17. The third-order valence-corrected chi connectivity index (χ3v) is 3.97. The fourth-order valence-corrected chi connectivity index (χ4v) is 2.72. The van der Waals surface area contributed by atoms with E-state index in [1.807, 2.05) is 42.3 Å². The van der Waals surface area contributed by atoms with Crippen LogP contribution >= 0.6 is 0 Å². The lowest BCUT2D eigenvalue weighted by molar-refractivity contribution is -0.142. The molecule has 2 atom stereocenters. The smallest absolute Gasteiger partial charge is 0.326 e. The van der Waals surface area contributed by atoms with Gasteiger partial charge in [-0.2, -0.15) is 0 Å². The van der Waals surface area contributed by atoms with Gasteiger partial charge in [0.15, 0.2) is 0 Å². The lowest BCUT2D eigenvalue weighted by Crippen LogP contribution is -2.52. The standard InChI is InChI=1S/C16H22N2O3/c1-18-10-6-5-9-14(18)15(19)17-13(16(20)21)11-12-7-3-2-4-8-12/h2-4,7-8,13-14H,5-6,9-11H2,1H3,(H,17,19)(H,20,21)/t13-,14-/m0/s1. The summed E-state index contributed by atoms with van der Waals surface area (Å²) < 4.78 is 0. The van der Waals surface area contributed by atoms with Crippen LogP contribution in [0.4, 0.5) is 0 Å². The molecule has 114 valence electrons. The van der Waals surface area contributed by atoms with Crippen LogP contribution in [0.1, 0.15) is 24.8 Å². The first-order valence-corrected chi connectivity index (χ1v) is 7.35. The minimum atomic E-state index is -0.995. The van der Waals surface area contributed by atoms with Crippen LogP contribution in [0.3, 0.4) is 0 Å². The molecule has 1 amide bonds. The summed E-state index contributed by atoms with van der Waals surface area (Å²) in [7, 11) is 1.91. The summed E-state index contributed by atoms with van der Waals surface area (Å²) in [6, 6.07) is 8.26. The van der Waals surface area contributed by atoms with Crippen LogP contribution in [-0.4, -0.2) is 47.6 Å². The molecular weight excluding hydrogens is 268 g/mol. The molecule has 1 fully saturated rings. The number of likely N-dealkylation sites (tertiary alicyclic amines) is 1. The number of benzene rings is 1. The van der Waals surface area contributed by atoms with E-state index < -0.39 is 12.0 Å². The van der Waals surface area contributed by atoms with E-state index in [-0.39, 0.29) is 11.9 Å². The average molecular weight is 290 g/mol. The molecule has 0 aliphatic carbocycles. The molecule has 0 aromatic heterocycles. The van der Waals surface area contributed by atoms with E-state index in [1.165, 1.54) is 0 Å². The van der Waals surface area contributed by atoms with Crippen LogP contribution in [-0.2, 0) is 16.0 Å². The van der Waals surface area contributed by atoms with Gasteiger partial charge in [0.1, 0.15) is 6.04 Å². The van der Waals surface area contributed by atoms with Crippen molar-refractivity contribution < 1.29 is 14.7 Å². The van der Waals surface area contributed by atoms with Crippen molar-refractivity contribution in [2.45, 2.75) is 37.8 Å². The molecule has 2 rings (SSSR count). The van der Waals surface area contributed by atoms with Crippen molar-refractivity contribution in [2.24, 2.45) is 0 Å². The second kappa shape index (κ2) is 7.22. The number of aliphatic carboxylic acids is 1. The SMILES string of the molecule is CN1CCCC[C@H]1C(=O)N[C@@H](Cc1ccccc1)C(=O)O. The van der Waals surface area contributed by atoms with Gasteiger partial charge in [0, 0.05) is 6.42 Å². The Hall–Kier alpha value is -1.88. The predicted octanol–water partition coefficient (Wildman–Crippen LogP) is 1.28. The molecule has 0 spiro atoms. The van der Waals surface area contributed by atoms with Crippen LogP contribution in [0.2, 0.25) is 0 Å². The van der Waals surface area contributed by atoms with Crippen LogP contribution in [0.25, 0.3) is 0 Å². The predicted molar refractivity (Wildman–Crippen MR) is 80.0 cm³/mol. The molecule has 1 aromatic carbocycles. The number of nitrogens with one attached hydrogen (secondary N) is 1. The lowest BCUT2D eigenvalue weighted by atomic mass is 10.0. The molecule has 0 saturated carbocycles. The summed E-state index contributed by atoms with van der Waals surface area (Å²) in [4.78, 5) is 25.7. The van der Waals surface area contributed by atoms with E-state index in [9.17, 15) is 14.7 Å². The van der Waals surface area contributed by atoms with E-state index in [0.29, 0.717) is 6.42 Å². The Morgan fingerprint density at radius 3 is 2.67 bits per heavy atom. The molecule has 5 heteroatoms. The number of hydrogen-bond donors (Lipinski definition) is 2. The van der Waals surface area contributed by atoms with Crippen molar-refractivity contribution in [1.29, 1.82) is 0 Å². The number of amides is 1. The molecule has 1 aromatic rings. The van der Waals surface area contributed by atoms with Crippen molar-refractivity contribution in [1.82, 2.24) is 10.2 Å². The van der Waals surface area contributed by atoms with Gasteiger partial charge in [-0.3, -0.25) is 9.69 Å².